The number of hydrogen-bond acceptors (Lipinski definition) is 6. The molecule has 3 unspecified atom stereocenters. The Labute approximate surface area is 366 Å². The minimum absolute atomic E-state index is 0.00785. The van der Waals surface area contributed by atoms with Crippen LogP contribution in [0.15, 0.2) is 36.5 Å². The van der Waals surface area contributed by atoms with Crippen LogP contribution in [0.2, 0.25) is 0 Å². The van der Waals surface area contributed by atoms with Crippen LogP contribution in [0.3, 0.4) is 0 Å². The Hall–Kier alpha value is -1.28. The molecule has 8 nitrogen and oxygen atoms in total. The van der Waals surface area contributed by atoms with Crippen molar-refractivity contribution in [2.24, 2.45) is 0 Å². The van der Waals surface area contributed by atoms with Gasteiger partial charge in [-0.15, -0.1) is 0 Å². The fraction of sp³-hybridized carbons (Fsp3) is 0.860. The first-order chi connectivity index (χ1) is 28.5. The molecule has 0 saturated carbocycles. The van der Waals surface area contributed by atoms with Crippen molar-refractivity contribution in [1.29, 1.82) is 0 Å². The van der Waals surface area contributed by atoms with Crippen molar-refractivity contribution in [2.45, 2.75) is 238 Å². The van der Waals surface area contributed by atoms with E-state index in [4.69, 9.17) is 9.05 Å². The second-order valence-corrected chi connectivity index (χ2v) is 19.6. The summed E-state index contributed by atoms with van der Waals surface area (Å²) in [6, 6.07) is -0.906. The molecular formula is C50H97N2O6P. The van der Waals surface area contributed by atoms with E-state index >= 15 is 0 Å². The van der Waals surface area contributed by atoms with Gasteiger partial charge in [0.15, 0.2) is 0 Å². The topological polar surface area (TPSA) is 108 Å². The molecule has 0 aliphatic heterocycles. The Morgan fingerprint density at radius 1 is 0.576 bits per heavy atom. The van der Waals surface area contributed by atoms with Gasteiger partial charge in [-0.3, -0.25) is 9.36 Å². The van der Waals surface area contributed by atoms with Gasteiger partial charge in [0, 0.05) is 6.42 Å². The molecule has 0 fully saturated rings. The van der Waals surface area contributed by atoms with Gasteiger partial charge in [-0.25, -0.2) is 0 Å². The molecule has 348 valence electrons. The lowest BCUT2D eigenvalue weighted by Gasteiger charge is -2.29. The molecule has 0 bridgehead atoms. The molecule has 0 aromatic carbocycles. The summed E-state index contributed by atoms with van der Waals surface area (Å²) in [4.78, 5) is 25.3. The fourth-order valence-electron chi connectivity index (χ4n) is 7.10. The van der Waals surface area contributed by atoms with Crippen molar-refractivity contribution >= 4 is 13.7 Å². The number of hydrogen-bond donors (Lipinski definition) is 2. The third kappa shape index (κ3) is 44.6. The fourth-order valence-corrected chi connectivity index (χ4v) is 7.83. The molecule has 9 heteroatoms. The number of amides is 1. The Kier molecular flexibility index (Phi) is 41.1. The molecule has 0 heterocycles. The van der Waals surface area contributed by atoms with Crippen molar-refractivity contribution < 1.29 is 32.9 Å². The Balaban J connectivity index is 4.29. The molecular weight excluding hydrogens is 756 g/mol. The number of aliphatic hydroxyl groups excluding tert-OH is 1. The van der Waals surface area contributed by atoms with E-state index in [1.54, 1.807) is 6.08 Å². The maximum atomic E-state index is 12.8. The number of likely N-dealkylation sites (N-methyl/N-ethyl adjacent to an activating group) is 1. The van der Waals surface area contributed by atoms with Gasteiger partial charge >= 0.3 is 0 Å². The molecule has 0 aromatic heterocycles. The summed E-state index contributed by atoms with van der Waals surface area (Å²) in [5.74, 6) is -0.217. The average Bonchev–Trinajstić information content (AvgIpc) is 3.19. The highest BCUT2D eigenvalue weighted by atomic mass is 31.2. The van der Waals surface area contributed by atoms with Crippen LogP contribution in [-0.4, -0.2) is 68.5 Å². The number of nitrogens with zero attached hydrogens (tertiary/aromatic N) is 1. The molecule has 1 amide bonds. The number of quaternary nitrogens is 1. The molecule has 0 saturated heterocycles. The molecule has 0 radical (unpaired) electrons. The van der Waals surface area contributed by atoms with Crippen LogP contribution in [0, 0.1) is 0 Å². The van der Waals surface area contributed by atoms with Crippen LogP contribution in [0.5, 0.6) is 0 Å². The predicted molar refractivity (Wildman–Crippen MR) is 251 cm³/mol. The van der Waals surface area contributed by atoms with Crippen molar-refractivity contribution in [2.75, 3.05) is 40.9 Å². The number of carbonyl (C=O) groups excluding carboxylic acids is 1. The molecule has 0 spiro atoms. The number of carbonyl (C=O) groups is 1. The predicted octanol–water partition coefficient (Wildman–Crippen LogP) is 13.6. The minimum atomic E-state index is -4.60. The monoisotopic (exact) mass is 853 g/mol. The summed E-state index contributed by atoms with van der Waals surface area (Å²) >= 11 is 0. The minimum Gasteiger partial charge on any atom is -0.756 e. The van der Waals surface area contributed by atoms with Gasteiger partial charge in [-0.1, -0.05) is 198 Å². The summed E-state index contributed by atoms with van der Waals surface area (Å²) in [6.07, 6.45) is 52.2. The Morgan fingerprint density at radius 3 is 1.41 bits per heavy atom. The van der Waals surface area contributed by atoms with E-state index in [2.05, 4.69) is 43.5 Å². The molecule has 0 aliphatic rings. The summed E-state index contributed by atoms with van der Waals surface area (Å²) < 4.78 is 23.2. The van der Waals surface area contributed by atoms with Gasteiger partial charge in [0.1, 0.15) is 13.2 Å². The van der Waals surface area contributed by atoms with Gasteiger partial charge in [-0.05, 0) is 57.8 Å². The van der Waals surface area contributed by atoms with E-state index in [-0.39, 0.29) is 12.5 Å². The maximum absolute atomic E-state index is 12.8. The normalized spacial score (nSPS) is 14.5. The van der Waals surface area contributed by atoms with Crippen LogP contribution in [0.1, 0.15) is 226 Å². The van der Waals surface area contributed by atoms with E-state index in [1.165, 1.54) is 148 Å². The van der Waals surface area contributed by atoms with Crippen molar-refractivity contribution in [3.05, 3.63) is 36.5 Å². The Bertz CT molecular complexity index is 1060. The molecule has 3 atom stereocenters. The largest absolute Gasteiger partial charge is 0.756 e. The Morgan fingerprint density at radius 2 is 0.949 bits per heavy atom. The number of aliphatic hydroxyl groups is 1. The van der Waals surface area contributed by atoms with E-state index in [0.717, 1.165) is 57.8 Å². The van der Waals surface area contributed by atoms with E-state index in [1.807, 2.05) is 27.2 Å². The van der Waals surface area contributed by atoms with Crippen molar-refractivity contribution in [1.82, 2.24) is 5.32 Å². The second-order valence-electron chi connectivity index (χ2n) is 18.2. The third-order valence-corrected chi connectivity index (χ3v) is 12.0. The van der Waals surface area contributed by atoms with Crippen LogP contribution in [0.4, 0.5) is 0 Å². The highest BCUT2D eigenvalue weighted by molar-refractivity contribution is 7.45. The highest BCUT2D eigenvalue weighted by Gasteiger charge is 2.23. The lowest BCUT2D eigenvalue weighted by atomic mass is 10.0. The highest BCUT2D eigenvalue weighted by Crippen LogP contribution is 2.38. The summed E-state index contributed by atoms with van der Waals surface area (Å²) in [6.45, 7) is 4.60. The first-order valence-corrected chi connectivity index (χ1v) is 26.3. The van der Waals surface area contributed by atoms with E-state index in [0.29, 0.717) is 17.4 Å². The molecule has 0 rings (SSSR count). The number of unbranched alkanes of at least 4 members (excludes halogenated alkanes) is 28. The first-order valence-electron chi connectivity index (χ1n) is 24.9. The molecule has 59 heavy (non-hydrogen) atoms. The molecule has 0 aliphatic carbocycles. The van der Waals surface area contributed by atoms with Crippen LogP contribution >= 0.6 is 7.82 Å². The standard InChI is InChI=1S/C50H97N2O6P/c1-6-8-10-12-14-16-18-20-21-22-23-24-25-26-27-28-29-30-31-32-33-35-37-39-41-43-49(53)48(47-58-59(55,56)57-46-45-52(3,4)5)51-50(54)44-42-40-38-36-34-19-17-15-13-11-9-7-2/h15,17,33,35,41,43,48-49,53H,6-14,16,18-32,34,36-40,42,44-47H2,1-5H3,(H-,51,54,55,56)/b17-15-,35-33+,43-41+. The number of allylic oxidation sites excluding steroid dienone is 5. The van der Waals surface area contributed by atoms with Gasteiger partial charge in [0.2, 0.25) is 5.91 Å². The zero-order valence-corrected chi connectivity index (χ0v) is 40.4. The summed E-state index contributed by atoms with van der Waals surface area (Å²) in [5, 5.41) is 13.8. The number of phosphoric ester groups is 1. The lowest BCUT2D eigenvalue weighted by molar-refractivity contribution is -0.870. The number of phosphoric acid groups is 1. The van der Waals surface area contributed by atoms with E-state index in [9.17, 15) is 19.4 Å². The molecule has 2 N–H and O–H groups in total. The number of nitrogens with one attached hydrogen (secondary N) is 1. The van der Waals surface area contributed by atoms with Gasteiger partial charge < -0.3 is 28.8 Å². The third-order valence-electron chi connectivity index (χ3n) is 11.1. The smallest absolute Gasteiger partial charge is 0.268 e. The van der Waals surface area contributed by atoms with Crippen LogP contribution < -0.4 is 10.2 Å². The second kappa shape index (κ2) is 42.0. The van der Waals surface area contributed by atoms with Crippen molar-refractivity contribution in [3.8, 4) is 0 Å². The first kappa shape index (κ1) is 57.7. The van der Waals surface area contributed by atoms with Gasteiger partial charge in [0.25, 0.3) is 7.82 Å². The van der Waals surface area contributed by atoms with Gasteiger partial charge in [0.05, 0.1) is 39.9 Å². The zero-order chi connectivity index (χ0) is 43.6. The van der Waals surface area contributed by atoms with Gasteiger partial charge in [-0.2, -0.15) is 0 Å². The average molecular weight is 853 g/mol. The molecule has 0 aromatic rings. The van der Waals surface area contributed by atoms with Crippen LogP contribution in [-0.2, 0) is 18.4 Å². The zero-order valence-electron chi connectivity index (χ0n) is 39.5. The lowest BCUT2D eigenvalue weighted by Crippen LogP contribution is -2.45. The maximum Gasteiger partial charge on any atom is 0.268 e. The van der Waals surface area contributed by atoms with Crippen molar-refractivity contribution in [3.63, 3.8) is 0 Å². The van der Waals surface area contributed by atoms with Crippen LogP contribution in [0.25, 0.3) is 0 Å². The van der Waals surface area contributed by atoms with E-state index < -0.39 is 26.6 Å². The summed E-state index contributed by atoms with van der Waals surface area (Å²) in [5.41, 5.74) is 0. The number of rotatable bonds is 45. The SMILES string of the molecule is CCCCC/C=C\CCCCCCCC(=O)NC(COP(=O)([O-])OCC[N+](C)(C)C)C(O)/C=C/CC/C=C/CCCCCCCCCCCCCCCCCCCCC. The quantitative estimate of drug-likeness (QED) is 0.0273. The summed E-state index contributed by atoms with van der Waals surface area (Å²) in [7, 11) is 1.24.